The van der Waals surface area contributed by atoms with Gasteiger partial charge in [0.15, 0.2) is 11.6 Å². The molecule has 90 valence electrons. The van der Waals surface area contributed by atoms with Crippen LogP contribution in [0.3, 0.4) is 0 Å². The van der Waals surface area contributed by atoms with Gasteiger partial charge in [0.1, 0.15) is 5.82 Å². The van der Waals surface area contributed by atoms with Crippen LogP contribution in [0.5, 0.6) is 0 Å². The molecule has 0 aliphatic rings. The van der Waals surface area contributed by atoms with Gasteiger partial charge in [-0.15, -0.1) is 5.10 Å². The van der Waals surface area contributed by atoms with Gasteiger partial charge in [-0.3, -0.25) is 0 Å². The van der Waals surface area contributed by atoms with Crippen LogP contribution in [0.15, 0.2) is 12.3 Å². The Hall–Kier alpha value is -1.98. The second-order valence-corrected chi connectivity index (χ2v) is 3.55. The van der Waals surface area contributed by atoms with E-state index in [9.17, 15) is 0 Å². The molecule has 0 spiro atoms. The van der Waals surface area contributed by atoms with E-state index in [-0.39, 0.29) is 0 Å². The first-order valence-electron chi connectivity index (χ1n) is 5.74. The highest BCUT2D eigenvalue weighted by Crippen LogP contribution is 2.09. The molecule has 0 unspecified atom stereocenters. The topological polar surface area (TPSA) is 68.5 Å². The summed E-state index contributed by atoms with van der Waals surface area (Å²) in [5, 5.41) is 7.34. The van der Waals surface area contributed by atoms with E-state index in [0.717, 1.165) is 30.3 Å². The summed E-state index contributed by atoms with van der Waals surface area (Å²) in [7, 11) is 1.79. The summed E-state index contributed by atoms with van der Waals surface area (Å²) in [5.41, 5.74) is 0. The van der Waals surface area contributed by atoms with E-state index < -0.39 is 0 Å². The first-order chi connectivity index (χ1) is 8.28. The molecular formula is C11H16N6. The largest absolute Gasteiger partial charge is 0.357 e. The lowest BCUT2D eigenvalue weighted by Gasteiger charge is -2.04. The minimum Gasteiger partial charge on any atom is -0.357 e. The molecule has 6 nitrogen and oxygen atoms in total. The maximum Gasteiger partial charge on any atom is 0.224 e. The summed E-state index contributed by atoms with van der Waals surface area (Å²) < 4.78 is 1.78. The number of hydrogen-bond acceptors (Lipinski definition) is 5. The Morgan fingerprint density at radius 3 is 2.71 bits per heavy atom. The van der Waals surface area contributed by atoms with Crippen molar-refractivity contribution >= 4 is 5.95 Å². The fraction of sp³-hybridized carbons (Fsp3) is 0.455. The van der Waals surface area contributed by atoms with Crippen LogP contribution in [0.25, 0.3) is 5.82 Å². The molecule has 0 amide bonds. The normalized spacial score (nSPS) is 10.5. The van der Waals surface area contributed by atoms with E-state index in [1.807, 2.05) is 13.0 Å². The van der Waals surface area contributed by atoms with E-state index in [2.05, 4.69) is 32.3 Å². The van der Waals surface area contributed by atoms with Gasteiger partial charge in [-0.05, 0) is 0 Å². The minimum atomic E-state index is 0.582. The van der Waals surface area contributed by atoms with Crippen molar-refractivity contribution in [3.05, 3.63) is 23.9 Å². The number of rotatable bonds is 4. The van der Waals surface area contributed by atoms with Crippen LogP contribution in [0.4, 0.5) is 5.95 Å². The third-order valence-corrected chi connectivity index (χ3v) is 2.43. The quantitative estimate of drug-likeness (QED) is 0.858. The molecule has 0 radical (unpaired) electrons. The zero-order valence-corrected chi connectivity index (χ0v) is 10.3. The summed E-state index contributed by atoms with van der Waals surface area (Å²) in [4.78, 5) is 12.9. The van der Waals surface area contributed by atoms with Crippen LogP contribution in [0.1, 0.15) is 25.5 Å². The van der Waals surface area contributed by atoms with Crippen molar-refractivity contribution in [2.45, 2.75) is 26.7 Å². The first-order valence-corrected chi connectivity index (χ1v) is 5.74. The van der Waals surface area contributed by atoms with Crippen molar-refractivity contribution in [1.29, 1.82) is 0 Å². The van der Waals surface area contributed by atoms with Gasteiger partial charge in [0.25, 0.3) is 0 Å². The summed E-state index contributed by atoms with van der Waals surface area (Å²) in [6, 6.07) is 1.83. The van der Waals surface area contributed by atoms with Gasteiger partial charge in [0, 0.05) is 32.2 Å². The summed E-state index contributed by atoms with van der Waals surface area (Å²) in [6.45, 7) is 4.10. The summed E-state index contributed by atoms with van der Waals surface area (Å²) in [6.07, 6.45) is 3.36. The predicted molar refractivity (Wildman–Crippen MR) is 65.3 cm³/mol. The average Bonchev–Trinajstić information content (AvgIpc) is 2.82. The van der Waals surface area contributed by atoms with Crippen molar-refractivity contribution in [3.8, 4) is 5.82 Å². The molecule has 0 aliphatic heterocycles. The molecule has 2 aromatic rings. The number of nitrogens with zero attached hydrogens (tertiary/aromatic N) is 5. The molecule has 0 fully saturated rings. The Balaban J connectivity index is 2.47. The van der Waals surface area contributed by atoms with Crippen molar-refractivity contribution < 1.29 is 0 Å². The SMILES string of the molecule is CCc1nc(CC)n(-c2ccnc(NC)n2)n1. The second-order valence-electron chi connectivity index (χ2n) is 3.55. The lowest BCUT2D eigenvalue weighted by molar-refractivity contribution is 0.766. The van der Waals surface area contributed by atoms with E-state index in [1.165, 1.54) is 0 Å². The molecule has 2 heterocycles. The lowest BCUT2D eigenvalue weighted by atomic mass is 10.4. The molecule has 0 saturated carbocycles. The number of aryl methyl sites for hydroxylation is 2. The smallest absolute Gasteiger partial charge is 0.224 e. The zero-order valence-electron chi connectivity index (χ0n) is 10.3. The molecule has 0 bridgehead atoms. The van der Waals surface area contributed by atoms with Gasteiger partial charge in [-0.1, -0.05) is 13.8 Å². The van der Waals surface area contributed by atoms with Crippen LogP contribution in [-0.4, -0.2) is 31.8 Å². The highest BCUT2D eigenvalue weighted by Gasteiger charge is 2.10. The lowest BCUT2D eigenvalue weighted by Crippen LogP contribution is -2.07. The number of hydrogen-bond donors (Lipinski definition) is 1. The van der Waals surface area contributed by atoms with E-state index in [0.29, 0.717) is 5.95 Å². The van der Waals surface area contributed by atoms with Crippen LogP contribution in [0, 0.1) is 0 Å². The van der Waals surface area contributed by atoms with Crippen molar-refractivity contribution in [3.63, 3.8) is 0 Å². The maximum atomic E-state index is 4.45. The van der Waals surface area contributed by atoms with Gasteiger partial charge in [-0.2, -0.15) is 9.67 Å². The number of anilines is 1. The molecular weight excluding hydrogens is 216 g/mol. The van der Waals surface area contributed by atoms with Crippen LogP contribution in [-0.2, 0) is 12.8 Å². The Morgan fingerprint density at radius 1 is 1.24 bits per heavy atom. The molecule has 2 aromatic heterocycles. The van der Waals surface area contributed by atoms with Crippen LogP contribution >= 0.6 is 0 Å². The maximum absolute atomic E-state index is 4.45. The molecule has 1 N–H and O–H groups in total. The molecule has 2 rings (SSSR count). The molecule has 0 atom stereocenters. The highest BCUT2D eigenvalue weighted by molar-refractivity contribution is 5.31. The van der Waals surface area contributed by atoms with E-state index in [4.69, 9.17) is 0 Å². The summed E-state index contributed by atoms with van der Waals surface area (Å²) >= 11 is 0. The second kappa shape index (κ2) is 4.90. The van der Waals surface area contributed by atoms with Gasteiger partial charge in [-0.25, -0.2) is 9.97 Å². The third-order valence-electron chi connectivity index (χ3n) is 2.43. The monoisotopic (exact) mass is 232 g/mol. The third kappa shape index (κ3) is 2.25. The van der Waals surface area contributed by atoms with Gasteiger partial charge < -0.3 is 5.32 Å². The number of nitrogens with one attached hydrogen (secondary N) is 1. The Kier molecular flexibility index (Phi) is 3.32. The van der Waals surface area contributed by atoms with Gasteiger partial charge in [0.05, 0.1) is 0 Å². The first kappa shape index (κ1) is 11.5. The predicted octanol–water partition coefficient (Wildman–Crippen LogP) is 1.22. The van der Waals surface area contributed by atoms with E-state index >= 15 is 0 Å². The fourth-order valence-electron chi connectivity index (χ4n) is 1.54. The highest BCUT2D eigenvalue weighted by atomic mass is 15.4. The molecule has 6 heteroatoms. The van der Waals surface area contributed by atoms with E-state index in [1.54, 1.807) is 17.9 Å². The standard InChI is InChI=1S/C11H16N6/c1-4-8-14-9(5-2)17(16-8)10-6-7-13-11(12-3)15-10/h6-7H,4-5H2,1-3H3,(H,12,13,15). The van der Waals surface area contributed by atoms with Crippen molar-refractivity contribution in [2.24, 2.45) is 0 Å². The Morgan fingerprint density at radius 2 is 2.06 bits per heavy atom. The molecule has 17 heavy (non-hydrogen) atoms. The fourth-order valence-corrected chi connectivity index (χ4v) is 1.54. The Labute approximate surface area is 100 Å². The van der Waals surface area contributed by atoms with Crippen LogP contribution in [0.2, 0.25) is 0 Å². The van der Waals surface area contributed by atoms with Gasteiger partial charge >= 0.3 is 0 Å². The zero-order chi connectivity index (χ0) is 12.3. The van der Waals surface area contributed by atoms with Crippen molar-refractivity contribution in [2.75, 3.05) is 12.4 Å². The molecule has 0 saturated heterocycles. The Bertz CT molecular complexity index is 504. The number of aromatic nitrogens is 5. The summed E-state index contributed by atoms with van der Waals surface area (Å²) in [5.74, 6) is 3.08. The van der Waals surface area contributed by atoms with Gasteiger partial charge in [0.2, 0.25) is 5.95 Å². The molecule has 0 aromatic carbocycles. The minimum absolute atomic E-state index is 0.582. The van der Waals surface area contributed by atoms with Crippen molar-refractivity contribution in [1.82, 2.24) is 24.7 Å². The molecule has 0 aliphatic carbocycles. The average molecular weight is 232 g/mol. The van der Waals surface area contributed by atoms with Crippen LogP contribution < -0.4 is 5.32 Å².